The lowest BCUT2D eigenvalue weighted by atomic mass is 10.1. The molecular formula is C18H27N3O2. The van der Waals surface area contributed by atoms with Crippen LogP contribution in [0.5, 0.6) is 0 Å². The predicted molar refractivity (Wildman–Crippen MR) is 92.4 cm³/mol. The maximum Gasteiger partial charge on any atom is 0.338 e. The van der Waals surface area contributed by atoms with E-state index in [1.165, 1.54) is 19.3 Å². The Balaban J connectivity index is 2.00. The van der Waals surface area contributed by atoms with Gasteiger partial charge in [0.25, 0.3) is 0 Å². The van der Waals surface area contributed by atoms with Crippen LogP contribution in [-0.2, 0) is 11.3 Å². The molecule has 0 aromatic heterocycles. The predicted octanol–water partition coefficient (Wildman–Crippen LogP) is 2.94. The summed E-state index contributed by atoms with van der Waals surface area (Å²) in [7, 11) is 0. The molecule has 1 aromatic carbocycles. The van der Waals surface area contributed by atoms with Gasteiger partial charge in [-0.3, -0.25) is 0 Å². The van der Waals surface area contributed by atoms with Crippen molar-refractivity contribution in [1.29, 1.82) is 0 Å². The van der Waals surface area contributed by atoms with Crippen LogP contribution in [0, 0.1) is 0 Å². The molecule has 2 rings (SSSR count). The molecule has 0 aliphatic carbocycles. The summed E-state index contributed by atoms with van der Waals surface area (Å²) >= 11 is 0. The Kier molecular flexibility index (Phi) is 5.64. The Morgan fingerprint density at radius 2 is 1.96 bits per heavy atom. The Labute approximate surface area is 138 Å². The summed E-state index contributed by atoms with van der Waals surface area (Å²) in [5.74, 6) is 0.278. The van der Waals surface area contributed by atoms with Gasteiger partial charge in [-0.25, -0.2) is 9.79 Å². The number of hydrogen-bond acceptors (Lipinski definition) is 3. The average Bonchev–Trinajstić information content (AvgIpc) is 2.52. The van der Waals surface area contributed by atoms with Crippen molar-refractivity contribution in [2.45, 2.75) is 52.2 Å². The smallest absolute Gasteiger partial charge is 0.338 e. The average molecular weight is 317 g/mol. The van der Waals surface area contributed by atoms with Crippen LogP contribution in [-0.4, -0.2) is 35.5 Å². The molecule has 1 aromatic rings. The first-order valence-corrected chi connectivity index (χ1v) is 8.22. The normalized spacial score (nSPS) is 16.3. The Bertz CT molecular complexity index is 570. The Morgan fingerprint density at radius 3 is 2.61 bits per heavy atom. The minimum Gasteiger partial charge on any atom is -0.456 e. The zero-order valence-electron chi connectivity index (χ0n) is 14.3. The SMILES string of the molecule is CC(C)(C)OC(=O)c1cccc(CN=C(N)N2CCCCC2)c1. The van der Waals surface area contributed by atoms with Crippen molar-refractivity contribution in [3.05, 3.63) is 35.4 Å². The molecular weight excluding hydrogens is 290 g/mol. The lowest BCUT2D eigenvalue weighted by Gasteiger charge is -2.27. The lowest BCUT2D eigenvalue weighted by molar-refractivity contribution is 0.00694. The number of esters is 1. The second-order valence-corrected chi connectivity index (χ2v) is 6.92. The number of rotatable bonds is 3. The largest absolute Gasteiger partial charge is 0.456 e. The van der Waals surface area contributed by atoms with E-state index >= 15 is 0 Å². The van der Waals surface area contributed by atoms with Crippen LogP contribution in [0.25, 0.3) is 0 Å². The van der Waals surface area contributed by atoms with Gasteiger partial charge in [0.1, 0.15) is 5.60 Å². The number of guanidine groups is 1. The van der Waals surface area contributed by atoms with Crippen molar-refractivity contribution in [1.82, 2.24) is 4.90 Å². The van der Waals surface area contributed by atoms with Crippen LogP contribution < -0.4 is 5.73 Å². The number of piperidine rings is 1. The summed E-state index contributed by atoms with van der Waals surface area (Å²) < 4.78 is 5.39. The third kappa shape index (κ3) is 5.58. The van der Waals surface area contributed by atoms with Gasteiger partial charge in [0.15, 0.2) is 5.96 Å². The molecule has 0 atom stereocenters. The molecule has 1 heterocycles. The van der Waals surface area contributed by atoms with Crippen molar-refractivity contribution in [2.75, 3.05) is 13.1 Å². The van der Waals surface area contributed by atoms with Crippen LogP contribution in [0.4, 0.5) is 0 Å². The van der Waals surface area contributed by atoms with E-state index in [1.807, 2.05) is 39.0 Å². The van der Waals surface area contributed by atoms with Crippen molar-refractivity contribution in [3.63, 3.8) is 0 Å². The summed E-state index contributed by atoms with van der Waals surface area (Å²) in [4.78, 5) is 18.7. The number of hydrogen-bond donors (Lipinski definition) is 1. The van der Waals surface area contributed by atoms with E-state index in [0.717, 1.165) is 18.7 Å². The summed E-state index contributed by atoms with van der Waals surface area (Å²) in [6.07, 6.45) is 3.61. The van der Waals surface area contributed by atoms with Gasteiger partial charge < -0.3 is 15.4 Å². The van der Waals surface area contributed by atoms with E-state index in [0.29, 0.717) is 18.1 Å². The minimum absolute atomic E-state index is 0.313. The highest BCUT2D eigenvalue weighted by molar-refractivity contribution is 5.89. The van der Waals surface area contributed by atoms with Crippen LogP contribution in [0.15, 0.2) is 29.3 Å². The van der Waals surface area contributed by atoms with E-state index < -0.39 is 5.60 Å². The van der Waals surface area contributed by atoms with Crippen molar-refractivity contribution >= 4 is 11.9 Å². The summed E-state index contributed by atoms with van der Waals surface area (Å²) in [5.41, 5.74) is 7.06. The second-order valence-electron chi connectivity index (χ2n) is 6.92. The number of carbonyl (C=O) groups is 1. The highest BCUT2D eigenvalue weighted by atomic mass is 16.6. The number of nitrogens with two attached hydrogens (primary N) is 1. The molecule has 0 saturated carbocycles. The van der Waals surface area contributed by atoms with E-state index in [9.17, 15) is 4.79 Å². The number of carbonyl (C=O) groups excluding carboxylic acids is 1. The van der Waals surface area contributed by atoms with E-state index in [1.54, 1.807) is 6.07 Å². The topological polar surface area (TPSA) is 67.9 Å². The molecule has 5 heteroatoms. The fraction of sp³-hybridized carbons (Fsp3) is 0.556. The number of ether oxygens (including phenoxy) is 1. The summed E-state index contributed by atoms with van der Waals surface area (Å²) in [6, 6.07) is 7.37. The molecule has 1 aliphatic rings. The van der Waals surface area contributed by atoms with Crippen LogP contribution in [0.2, 0.25) is 0 Å². The van der Waals surface area contributed by atoms with Gasteiger partial charge in [-0.2, -0.15) is 0 Å². The van der Waals surface area contributed by atoms with Gasteiger partial charge in [0.05, 0.1) is 12.1 Å². The fourth-order valence-corrected chi connectivity index (χ4v) is 2.53. The third-order valence-electron chi connectivity index (χ3n) is 3.67. The van der Waals surface area contributed by atoms with E-state index in [-0.39, 0.29) is 5.97 Å². The zero-order valence-corrected chi connectivity index (χ0v) is 14.3. The van der Waals surface area contributed by atoms with Crippen LogP contribution >= 0.6 is 0 Å². The van der Waals surface area contributed by atoms with Gasteiger partial charge in [0.2, 0.25) is 0 Å². The van der Waals surface area contributed by atoms with E-state index in [4.69, 9.17) is 10.5 Å². The number of likely N-dealkylation sites (tertiary alicyclic amines) is 1. The minimum atomic E-state index is -0.496. The van der Waals surface area contributed by atoms with Gasteiger partial charge in [-0.15, -0.1) is 0 Å². The molecule has 0 spiro atoms. The van der Waals surface area contributed by atoms with E-state index in [2.05, 4.69) is 9.89 Å². The number of nitrogens with zero attached hydrogens (tertiary/aromatic N) is 2. The van der Waals surface area contributed by atoms with Gasteiger partial charge >= 0.3 is 5.97 Å². The monoisotopic (exact) mass is 317 g/mol. The first kappa shape index (κ1) is 17.3. The molecule has 0 unspecified atom stereocenters. The standard InChI is InChI=1S/C18H27N3O2/c1-18(2,3)23-16(22)15-9-7-8-14(12-15)13-20-17(19)21-10-5-4-6-11-21/h7-9,12H,4-6,10-11,13H2,1-3H3,(H2,19,20). The van der Waals surface area contributed by atoms with Gasteiger partial charge in [-0.05, 0) is 57.7 Å². The van der Waals surface area contributed by atoms with Crippen molar-refractivity contribution in [2.24, 2.45) is 10.7 Å². The van der Waals surface area contributed by atoms with Crippen molar-refractivity contribution in [3.8, 4) is 0 Å². The second kappa shape index (κ2) is 7.49. The Morgan fingerprint density at radius 1 is 1.26 bits per heavy atom. The van der Waals surface area contributed by atoms with Crippen LogP contribution in [0.3, 0.4) is 0 Å². The molecule has 23 heavy (non-hydrogen) atoms. The molecule has 0 radical (unpaired) electrons. The van der Waals surface area contributed by atoms with Crippen LogP contribution in [0.1, 0.15) is 56.0 Å². The quantitative estimate of drug-likeness (QED) is 0.529. The number of benzene rings is 1. The molecule has 0 bridgehead atoms. The Hall–Kier alpha value is -2.04. The highest BCUT2D eigenvalue weighted by Crippen LogP contribution is 2.14. The maximum atomic E-state index is 12.1. The molecule has 0 amide bonds. The molecule has 5 nitrogen and oxygen atoms in total. The zero-order chi connectivity index (χ0) is 16.9. The van der Waals surface area contributed by atoms with Gasteiger partial charge in [-0.1, -0.05) is 12.1 Å². The summed E-state index contributed by atoms with van der Waals surface area (Å²) in [5, 5.41) is 0. The number of aliphatic imine (C=N–C) groups is 1. The molecule has 126 valence electrons. The lowest BCUT2D eigenvalue weighted by Crippen LogP contribution is -2.40. The highest BCUT2D eigenvalue weighted by Gasteiger charge is 2.18. The molecule has 2 N–H and O–H groups in total. The van der Waals surface area contributed by atoms with Gasteiger partial charge in [0, 0.05) is 13.1 Å². The maximum absolute atomic E-state index is 12.1. The fourth-order valence-electron chi connectivity index (χ4n) is 2.53. The molecule has 1 fully saturated rings. The molecule has 1 aliphatic heterocycles. The summed E-state index contributed by atoms with van der Waals surface area (Å²) in [6.45, 7) is 8.01. The van der Waals surface area contributed by atoms with Crippen molar-refractivity contribution < 1.29 is 9.53 Å². The third-order valence-corrected chi connectivity index (χ3v) is 3.67. The first-order valence-electron chi connectivity index (χ1n) is 8.22. The first-order chi connectivity index (χ1) is 10.8. The molecule has 1 saturated heterocycles.